The van der Waals surface area contributed by atoms with Gasteiger partial charge in [-0.1, -0.05) is 13.2 Å². The summed E-state index contributed by atoms with van der Waals surface area (Å²) in [5, 5.41) is 0. The number of carbonyl (C=O) groups is 1. The fraction of sp³-hybridized carbons (Fsp3) is 0.400. The lowest BCUT2D eigenvalue weighted by Crippen LogP contribution is -2.32. The average Bonchev–Trinajstić information content (AvgIpc) is 2.18. The summed E-state index contributed by atoms with van der Waals surface area (Å²) in [5.41, 5.74) is 0. The van der Waals surface area contributed by atoms with Gasteiger partial charge in [-0.25, -0.2) is 4.99 Å². The minimum absolute atomic E-state index is 0.0308. The van der Waals surface area contributed by atoms with Gasteiger partial charge in [0.2, 0.25) is 5.91 Å². The van der Waals surface area contributed by atoms with Gasteiger partial charge in [-0.15, -0.1) is 0 Å². The van der Waals surface area contributed by atoms with Gasteiger partial charge in [0.15, 0.2) is 11.6 Å². The molecular formula is C10H14N2O2. The first-order chi connectivity index (χ1) is 6.56. The Morgan fingerprint density at radius 1 is 1.71 bits per heavy atom. The molecule has 1 atom stereocenters. The summed E-state index contributed by atoms with van der Waals surface area (Å²) in [6.45, 7) is 9.02. The van der Waals surface area contributed by atoms with Gasteiger partial charge in [0.25, 0.3) is 0 Å². The highest BCUT2D eigenvalue weighted by molar-refractivity contribution is 6.06. The number of hydrogen-bond acceptors (Lipinski definition) is 3. The summed E-state index contributed by atoms with van der Waals surface area (Å²) in [6.07, 6.45) is 1.55. The van der Waals surface area contributed by atoms with E-state index in [2.05, 4.69) is 18.2 Å². The predicted octanol–water partition coefficient (Wildman–Crippen LogP) is 1.31. The van der Waals surface area contributed by atoms with Gasteiger partial charge in [-0.3, -0.25) is 9.69 Å². The average molecular weight is 194 g/mol. The zero-order valence-electron chi connectivity index (χ0n) is 8.49. The number of likely N-dealkylation sites (N-methyl/N-ethyl adjacent to an activating group) is 1. The van der Waals surface area contributed by atoms with E-state index in [-0.39, 0.29) is 12.0 Å². The molecule has 0 spiro atoms. The van der Waals surface area contributed by atoms with Gasteiger partial charge in [-0.05, 0) is 6.92 Å². The molecule has 1 heterocycles. The van der Waals surface area contributed by atoms with E-state index in [4.69, 9.17) is 4.74 Å². The van der Waals surface area contributed by atoms with Crippen LogP contribution in [0.4, 0.5) is 0 Å². The van der Waals surface area contributed by atoms with Crippen LogP contribution < -0.4 is 0 Å². The van der Waals surface area contributed by atoms with Crippen LogP contribution in [0.3, 0.4) is 0 Å². The molecule has 0 aromatic heterocycles. The summed E-state index contributed by atoms with van der Waals surface area (Å²) in [5.74, 6) is 0.803. The smallest absolute Gasteiger partial charge is 0.231 e. The van der Waals surface area contributed by atoms with Gasteiger partial charge < -0.3 is 4.74 Å². The molecule has 0 N–H and O–H groups in total. The Balaban J connectivity index is 3.02. The third-order valence-corrected chi connectivity index (χ3v) is 1.96. The topological polar surface area (TPSA) is 41.9 Å². The number of amides is 1. The van der Waals surface area contributed by atoms with E-state index in [1.807, 2.05) is 6.92 Å². The van der Waals surface area contributed by atoms with Crippen LogP contribution in [0.5, 0.6) is 0 Å². The summed E-state index contributed by atoms with van der Waals surface area (Å²) in [7, 11) is 1.65. The number of hydrogen-bond donors (Lipinski definition) is 0. The van der Waals surface area contributed by atoms with Crippen LogP contribution in [0, 0.1) is 0 Å². The minimum atomic E-state index is -0.157. The van der Waals surface area contributed by atoms with Crippen LogP contribution >= 0.6 is 0 Å². The molecule has 0 aliphatic carbocycles. The van der Waals surface area contributed by atoms with Crippen LogP contribution in [0.1, 0.15) is 13.3 Å². The Kier molecular flexibility index (Phi) is 3.06. The number of carbonyl (C=O) groups excluding carboxylic acids is 1. The largest absolute Gasteiger partial charge is 0.487 e. The predicted molar refractivity (Wildman–Crippen MR) is 54.7 cm³/mol. The molecule has 1 aliphatic heterocycles. The van der Waals surface area contributed by atoms with Crippen molar-refractivity contribution in [2.75, 3.05) is 7.05 Å². The van der Waals surface area contributed by atoms with Crippen LogP contribution in [-0.2, 0) is 9.53 Å². The maximum Gasteiger partial charge on any atom is 0.231 e. The summed E-state index contributed by atoms with van der Waals surface area (Å²) in [4.78, 5) is 16.9. The van der Waals surface area contributed by atoms with E-state index in [0.717, 1.165) is 0 Å². The highest BCUT2D eigenvalue weighted by atomic mass is 16.5. The van der Waals surface area contributed by atoms with Crippen molar-refractivity contribution in [3.8, 4) is 0 Å². The van der Waals surface area contributed by atoms with Crippen molar-refractivity contribution in [1.29, 1.82) is 0 Å². The number of nitrogens with zero attached hydrogens (tertiary/aromatic N) is 2. The van der Waals surface area contributed by atoms with Crippen molar-refractivity contribution in [2.24, 2.45) is 4.99 Å². The molecule has 1 amide bonds. The van der Waals surface area contributed by atoms with Gasteiger partial charge in [0.1, 0.15) is 6.10 Å². The SMILES string of the molecule is C=CN=C1C(=C)O[C@H](C)CC(=O)N1C. The van der Waals surface area contributed by atoms with E-state index < -0.39 is 0 Å². The maximum atomic E-state index is 11.5. The Bertz CT molecular complexity index is 307. The molecule has 0 aromatic rings. The molecule has 0 bridgehead atoms. The number of ether oxygens (including phenoxy) is 1. The van der Waals surface area contributed by atoms with Gasteiger partial charge in [0, 0.05) is 13.2 Å². The molecule has 0 saturated carbocycles. The van der Waals surface area contributed by atoms with E-state index in [1.165, 1.54) is 11.1 Å². The number of rotatable bonds is 1. The van der Waals surface area contributed by atoms with Crippen molar-refractivity contribution in [2.45, 2.75) is 19.4 Å². The number of amidine groups is 1. The molecule has 76 valence electrons. The third kappa shape index (κ3) is 2.02. The lowest BCUT2D eigenvalue weighted by atomic mass is 10.3. The second-order valence-corrected chi connectivity index (χ2v) is 3.14. The van der Waals surface area contributed by atoms with E-state index >= 15 is 0 Å². The second-order valence-electron chi connectivity index (χ2n) is 3.14. The second kappa shape index (κ2) is 4.09. The molecule has 0 radical (unpaired) electrons. The Hall–Kier alpha value is -1.58. The fourth-order valence-electron chi connectivity index (χ4n) is 1.27. The zero-order chi connectivity index (χ0) is 10.7. The fourth-order valence-corrected chi connectivity index (χ4v) is 1.27. The Morgan fingerprint density at radius 3 is 2.93 bits per heavy atom. The van der Waals surface area contributed by atoms with Gasteiger partial charge >= 0.3 is 0 Å². The van der Waals surface area contributed by atoms with Gasteiger partial charge in [0.05, 0.1) is 6.42 Å². The quantitative estimate of drug-likeness (QED) is 0.631. The lowest BCUT2D eigenvalue weighted by Gasteiger charge is -2.15. The molecule has 1 saturated heterocycles. The Morgan fingerprint density at radius 2 is 2.36 bits per heavy atom. The lowest BCUT2D eigenvalue weighted by molar-refractivity contribution is -0.127. The molecule has 4 nitrogen and oxygen atoms in total. The molecule has 1 rings (SSSR count). The normalized spacial score (nSPS) is 26.0. The Labute approximate surface area is 83.6 Å². The molecule has 4 heteroatoms. The van der Waals surface area contributed by atoms with E-state index in [9.17, 15) is 4.79 Å². The monoisotopic (exact) mass is 194 g/mol. The van der Waals surface area contributed by atoms with Crippen molar-refractivity contribution < 1.29 is 9.53 Å². The van der Waals surface area contributed by atoms with Crippen molar-refractivity contribution in [1.82, 2.24) is 4.90 Å². The molecule has 1 aliphatic rings. The number of aliphatic imine (C=N–C) groups is 1. The van der Waals surface area contributed by atoms with Crippen LogP contribution in [0.15, 0.2) is 30.1 Å². The molecule has 14 heavy (non-hydrogen) atoms. The first kappa shape index (κ1) is 10.5. The molecule has 1 fully saturated rings. The van der Waals surface area contributed by atoms with Crippen LogP contribution in [0.2, 0.25) is 0 Å². The van der Waals surface area contributed by atoms with Crippen molar-refractivity contribution in [3.63, 3.8) is 0 Å². The first-order valence-electron chi connectivity index (χ1n) is 4.37. The minimum Gasteiger partial charge on any atom is -0.487 e. The molecular weight excluding hydrogens is 180 g/mol. The van der Waals surface area contributed by atoms with Crippen molar-refractivity contribution >= 4 is 11.7 Å². The summed E-state index contributed by atoms with van der Waals surface area (Å²) >= 11 is 0. The maximum absolute atomic E-state index is 11.5. The summed E-state index contributed by atoms with van der Waals surface area (Å²) < 4.78 is 5.38. The standard InChI is InChI=1S/C10H14N2O2/c1-5-11-10-8(3)14-7(2)6-9(13)12(10)4/h5,7H,1,3,6H2,2,4H3/t7-/m1/s1. The van der Waals surface area contributed by atoms with Crippen molar-refractivity contribution in [3.05, 3.63) is 25.1 Å². The highest BCUT2D eigenvalue weighted by Gasteiger charge is 2.26. The van der Waals surface area contributed by atoms with Crippen LogP contribution in [0.25, 0.3) is 0 Å². The van der Waals surface area contributed by atoms with Crippen LogP contribution in [-0.4, -0.2) is 29.8 Å². The third-order valence-electron chi connectivity index (χ3n) is 1.96. The zero-order valence-corrected chi connectivity index (χ0v) is 8.49. The first-order valence-corrected chi connectivity index (χ1v) is 4.37. The van der Waals surface area contributed by atoms with E-state index in [0.29, 0.717) is 18.0 Å². The summed E-state index contributed by atoms with van der Waals surface area (Å²) in [6, 6.07) is 0. The molecule has 0 unspecified atom stereocenters. The molecule has 0 aromatic carbocycles. The van der Waals surface area contributed by atoms with E-state index in [1.54, 1.807) is 7.05 Å². The highest BCUT2D eigenvalue weighted by Crippen LogP contribution is 2.15. The van der Waals surface area contributed by atoms with Gasteiger partial charge in [-0.2, -0.15) is 0 Å².